The van der Waals surface area contributed by atoms with Crippen molar-refractivity contribution < 1.29 is 9.13 Å². The molecule has 1 atom stereocenters. The first-order valence-corrected chi connectivity index (χ1v) is 10.3. The molecule has 4 heteroatoms. The van der Waals surface area contributed by atoms with Crippen LogP contribution in [0.25, 0.3) is 0 Å². The van der Waals surface area contributed by atoms with E-state index in [1.165, 1.54) is 6.07 Å². The third kappa shape index (κ3) is 5.22. The van der Waals surface area contributed by atoms with Gasteiger partial charge < -0.3 is 10.1 Å². The zero-order valence-electron chi connectivity index (χ0n) is 16.6. The molecule has 0 radical (unpaired) electrons. The SMILES string of the molecule is Fc1cccc(C(c2ccc(OCc3ccccc3)cc2)N2CCCNCC2)c1. The van der Waals surface area contributed by atoms with Crippen LogP contribution in [0, 0.1) is 5.82 Å². The maximum atomic E-state index is 14.0. The van der Waals surface area contributed by atoms with Crippen LogP contribution in [0.2, 0.25) is 0 Å². The minimum Gasteiger partial charge on any atom is -0.489 e. The Labute approximate surface area is 172 Å². The van der Waals surface area contributed by atoms with Crippen molar-refractivity contribution in [1.82, 2.24) is 10.2 Å². The molecule has 1 fully saturated rings. The smallest absolute Gasteiger partial charge is 0.123 e. The van der Waals surface area contributed by atoms with Gasteiger partial charge in [-0.15, -0.1) is 0 Å². The summed E-state index contributed by atoms with van der Waals surface area (Å²) in [5.74, 6) is 0.649. The molecule has 1 heterocycles. The molecule has 0 spiro atoms. The van der Waals surface area contributed by atoms with E-state index < -0.39 is 0 Å². The summed E-state index contributed by atoms with van der Waals surface area (Å²) in [6, 6.07) is 25.4. The lowest BCUT2D eigenvalue weighted by molar-refractivity contribution is 0.240. The Morgan fingerprint density at radius 2 is 1.69 bits per heavy atom. The Kier molecular flexibility index (Phi) is 6.55. The predicted octanol–water partition coefficient (Wildman–Crippen LogP) is 4.79. The maximum absolute atomic E-state index is 14.0. The number of halogens is 1. The first-order valence-electron chi connectivity index (χ1n) is 10.3. The number of hydrogen-bond acceptors (Lipinski definition) is 3. The monoisotopic (exact) mass is 390 g/mol. The number of nitrogens with one attached hydrogen (secondary N) is 1. The van der Waals surface area contributed by atoms with E-state index in [-0.39, 0.29) is 11.9 Å². The molecule has 0 saturated carbocycles. The lowest BCUT2D eigenvalue weighted by atomic mass is 9.96. The van der Waals surface area contributed by atoms with Gasteiger partial charge in [-0.3, -0.25) is 4.90 Å². The minimum atomic E-state index is -0.191. The second-order valence-corrected chi connectivity index (χ2v) is 7.44. The van der Waals surface area contributed by atoms with Crippen LogP contribution in [0.5, 0.6) is 5.75 Å². The fourth-order valence-electron chi connectivity index (χ4n) is 3.90. The van der Waals surface area contributed by atoms with Gasteiger partial charge in [0.15, 0.2) is 0 Å². The zero-order valence-corrected chi connectivity index (χ0v) is 16.6. The lowest BCUT2D eigenvalue weighted by Crippen LogP contribution is -2.33. The summed E-state index contributed by atoms with van der Waals surface area (Å²) in [6.07, 6.45) is 1.09. The molecule has 1 aliphatic heterocycles. The Morgan fingerprint density at radius 1 is 0.862 bits per heavy atom. The summed E-state index contributed by atoms with van der Waals surface area (Å²) in [5, 5.41) is 3.45. The van der Waals surface area contributed by atoms with Crippen LogP contribution in [0.15, 0.2) is 78.9 Å². The molecule has 29 heavy (non-hydrogen) atoms. The van der Waals surface area contributed by atoms with Gasteiger partial charge in [0.25, 0.3) is 0 Å². The Hall–Kier alpha value is -2.69. The van der Waals surface area contributed by atoms with E-state index >= 15 is 0 Å². The summed E-state index contributed by atoms with van der Waals surface area (Å²) in [5.41, 5.74) is 3.29. The highest BCUT2D eigenvalue weighted by Gasteiger charge is 2.23. The average molecular weight is 391 g/mol. The highest BCUT2D eigenvalue weighted by Crippen LogP contribution is 2.31. The van der Waals surface area contributed by atoms with E-state index in [9.17, 15) is 4.39 Å². The largest absolute Gasteiger partial charge is 0.489 e. The predicted molar refractivity (Wildman–Crippen MR) is 115 cm³/mol. The Bertz CT molecular complexity index is 890. The molecule has 4 rings (SSSR count). The number of hydrogen-bond donors (Lipinski definition) is 1. The number of nitrogens with zero attached hydrogens (tertiary/aromatic N) is 1. The number of ether oxygens (including phenoxy) is 1. The van der Waals surface area contributed by atoms with Crippen LogP contribution in [0.4, 0.5) is 4.39 Å². The molecule has 0 aromatic heterocycles. The van der Waals surface area contributed by atoms with E-state index in [1.54, 1.807) is 12.1 Å². The van der Waals surface area contributed by atoms with Gasteiger partial charge in [-0.1, -0.05) is 54.6 Å². The lowest BCUT2D eigenvalue weighted by Gasteiger charge is -2.31. The molecule has 1 unspecified atom stereocenters. The van der Waals surface area contributed by atoms with Gasteiger partial charge in [0.1, 0.15) is 18.2 Å². The summed E-state index contributed by atoms with van der Waals surface area (Å²) in [7, 11) is 0. The van der Waals surface area contributed by atoms with Crippen LogP contribution in [-0.2, 0) is 6.61 Å². The molecule has 0 aliphatic carbocycles. The molecule has 1 N–H and O–H groups in total. The third-order valence-electron chi connectivity index (χ3n) is 5.35. The summed E-state index contributed by atoms with van der Waals surface area (Å²) < 4.78 is 19.9. The summed E-state index contributed by atoms with van der Waals surface area (Å²) in [4.78, 5) is 2.44. The van der Waals surface area contributed by atoms with Crippen molar-refractivity contribution in [2.45, 2.75) is 19.1 Å². The molecule has 1 saturated heterocycles. The van der Waals surface area contributed by atoms with E-state index in [0.29, 0.717) is 6.61 Å². The van der Waals surface area contributed by atoms with Crippen LogP contribution in [0.3, 0.4) is 0 Å². The van der Waals surface area contributed by atoms with E-state index in [2.05, 4.69) is 34.5 Å². The third-order valence-corrected chi connectivity index (χ3v) is 5.35. The molecule has 3 aromatic carbocycles. The van der Waals surface area contributed by atoms with Crippen molar-refractivity contribution >= 4 is 0 Å². The van der Waals surface area contributed by atoms with Gasteiger partial charge in [-0.2, -0.15) is 0 Å². The van der Waals surface area contributed by atoms with Gasteiger partial charge in [0.05, 0.1) is 6.04 Å². The fourth-order valence-corrected chi connectivity index (χ4v) is 3.90. The molecular formula is C25H27FN2O. The molecule has 3 aromatic rings. The first kappa shape index (κ1) is 19.6. The Balaban J connectivity index is 1.55. The van der Waals surface area contributed by atoms with Crippen LogP contribution < -0.4 is 10.1 Å². The second kappa shape index (κ2) is 9.68. The van der Waals surface area contributed by atoms with Gasteiger partial charge in [0.2, 0.25) is 0 Å². The van der Waals surface area contributed by atoms with Crippen molar-refractivity contribution in [1.29, 1.82) is 0 Å². The molecule has 3 nitrogen and oxygen atoms in total. The number of benzene rings is 3. The Morgan fingerprint density at radius 3 is 2.48 bits per heavy atom. The topological polar surface area (TPSA) is 24.5 Å². The molecule has 1 aliphatic rings. The van der Waals surface area contributed by atoms with Gasteiger partial charge in [-0.25, -0.2) is 4.39 Å². The van der Waals surface area contributed by atoms with Gasteiger partial charge in [0, 0.05) is 19.6 Å². The molecule has 0 amide bonds. The second-order valence-electron chi connectivity index (χ2n) is 7.44. The summed E-state index contributed by atoms with van der Waals surface area (Å²) >= 11 is 0. The highest BCUT2D eigenvalue weighted by atomic mass is 19.1. The average Bonchev–Trinajstić information content (AvgIpc) is 3.04. The van der Waals surface area contributed by atoms with Crippen molar-refractivity contribution in [2.75, 3.05) is 26.2 Å². The zero-order chi connectivity index (χ0) is 19.9. The van der Waals surface area contributed by atoms with Crippen molar-refractivity contribution in [2.24, 2.45) is 0 Å². The first-order chi connectivity index (χ1) is 14.3. The van der Waals surface area contributed by atoms with E-state index in [4.69, 9.17) is 4.74 Å². The van der Waals surface area contributed by atoms with Crippen molar-refractivity contribution in [3.8, 4) is 5.75 Å². The van der Waals surface area contributed by atoms with Crippen molar-refractivity contribution in [3.63, 3.8) is 0 Å². The van der Waals surface area contributed by atoms with Gasteiger partial charge >= 0.3 is 0 Å². The minimum absolute atomic E-state index is 0.0359. The van der Waals surface area contributed by atoms with Crippen LogP contribution in [0.1, 0.15) is 29.2 Å². The summed E-state index contributed by atoms with van der Waals surface area (Å²) in [6.45, 7) is 4.45. The highest BCUT2D eigenvalue weighted by molar-refractivity contribution is 5.36. The standard InChI is InChI=1S/C25H27FN2O/c26-23-9-4-8-22(18-23)25(28-16-5-14-27-15-17-28)21-10-12-24(13-11-21)29-19-20-6-2-1-3-7-20/h1-4,6-13,18,25,27H,5,14-17,19H2. The fraction of sp³-hybridized carbons (Fsp3) is 0.280. The maximum Gasteiger partial charge on any atom is 0.123 e. The van der Waals surface area contributed by atoms with Crippen molar-refractivity contribution in [3.05, 3.63) is 101 Å². The van der Waals surface area contributed by atoms with E-state index in [0.717, 1.165) is 55.0 Å². The molecular weight excluding hydrogens is 363 g/mol. The quantitative estimate of drug-likeness (QED) is 0.655. The van der Waals surface area contributed by atoms with Crippen LogP contribution >= 0.6 is 0 Å². The number of rotatable bonds is 6. The molecule has 150 valence electrons. The normalized spacial score (nSPS) is 16.2. The molecule has 0 bridgehead atoms. The van der Waals surface area contributed by atoms with Crippen LogP contribution in [-0.4, -0.2) is 31.1 Å². The van der Waals surface area contributed by atoms with E-state index in [1.807, 2.05) is 36.4 Å². The van der Waals surface area contributed by atoms with Gasteiger partial charge in [-0.05, 0) is 53.9 Å².